The summed E-state index contributed by atoms with van der Waals surface area (Å²) >= 11 is 6.38. The molecule has 1 atom stereocenters. The summed E-state index contributed by atoms with van der Waals surface area (Å²) in [5.74, 6) is 0.443. The highest BCUT2D eigenvalue weighted by Crippen LogP contribution is 2.36. The molecule has 0 fully saturated rings. The Hall–Kier alpha value is -2.00. The zero-order valence-corrected chi connectivity index (χ0v) is 15.1. The number of nitrogens with zero attached hydrogens (tertiary/aromatic N) is 1. The van der Waals surface area contributed by atoms with Crippen LogP contribution in [0, 0.1) is 5.92 Å². The van der Waals surface area contributed by atoms with Crippen LogP contribution in [0.1, 0.15) is 43.1 Å². The maximum Gasteiger partial charge on any atom is 0.255 e. The van der Waals surface area contributed by atoms with E-state index in [4.69, 9.17) is 11.6 Å². The second-order valence-electron chi connectivity index (χ2n) is 7.02. The summed E-state index contributed by atoms with van der Waals surface area (Å²) in [5, 5.41) is 3.96. The van der Waals surface area contributed by atoms with Crippen LogP contribution in [0.4, 0.5) is 5.69 Å². The molecule has 4 heteroatoms. The quantitative estimate of drug-likeness (QED) is 0.861. The normalized spacial score (nSPS) is 20.0. The summed E-state index contributed by atoms with van der Waals surface area (Å²) in [5.41, 5.74) is 2.29. The molecule has 0 bridgehead atoms. The predicted octanol–water partition coefficient (Wildman–Crippen LogP) is 4.85. The molecule has 2 aromatic carbocycles. The van der Waals surface area contributed by atoms with E-state index >= 15 is 0 Å². The minimum Gasteiger partial charge on any atom is -0.344 e. The molecule has 1 N–H and O–H groups in total. The zero-order valence-electron chi connectivity index (χ0n) is 14.3. The molecular weight excluding hydrogens is 320 g/mol. The molecule has 0 spiro atoms. The first kappa shape index (κ1) is 16.8. The van der Waals surface area contributed by atoms with Crippen LogP contribution in [0.25, 0.3) is 0 Å². The Kier molecular flexibility index (Phi) is 4.55. The molecule has 1 unspecified atom stereocenters. The first-order valence-corrected chi connectivity index (χ1v) is 8.71. The molecule has 3 rings (SSSR count). The SMILES string of the molecule is CC(C)CC1(C)NC(=O)c2ccccc2N1Cc1ccccc1Cl. The summed E-state index contributed by atoms with van der Waals surface area (Å²) in [6, 6.07) is 15.6. The fourth-order valence-corrected chi connectivity index (χ4v) is 3.75. The molecule has 0 radical (unpaired) electrons. The fourth-order valence-electron chi connectivity index (χ4n) is 3.56. The number of fused-ring (bicyclic) bond motifs is 1. The van der Waals surface area contributed by atoms with Crippen molar-refractivity contribution >= 4 is 23.2 Å². The van der Waals surface area contributed by atoms with E-state index in [0.29, 0.717) is 18.0 Å². The number of halogens is 1. The van der Waals surface area contributed by atoms with E-state index in [0.717, 1.165) is 22.7 Å². The van der Waals surface area contributed by atoms with Crippen molar-refractivity contribution in [1.82, 2.24) is 5.32 Å². The Balaban J connectivity index is 2.07. The van der Waals surface area contributed by atoms with Gasteiger partial charge in [-0.05, 0) is 43.0 Å². The third-order valence-corrected chi connectivity index (χ3v) is 4.88. The van der Waals surface area contributed by atoms with Gasteiger partial charge in [0.25, 0.3) is 5.91 Å². The molecule has 0 saturated heterocycles. The van der Waals surface area contributed by atoms with Gasteiger partial charge in [-0.3, -0.25) is 4.79 Å². The number of carbonyl (C=O) groups is 1. The van der Waals surface area contributed by atoms with E-state index in [2.05, 4.69) is 31.0 Å². The smallest absolute Gasteiger partial charge is 0.255 e. The van der Waals surface area contributed by atoms with Gasteiger partial charge >= 0.3 is 0 Å². The Labute approximate surface area is 148 Å². The largest absolute Gasteiger partial charge is 0.344 e. The highest BCUT2D eigenvalue weighted by Gasteiger charge is 2.40. The van der Waals surface area contributed by atoms with Gasteiger partial charge in [-0.2, -0.15) is 0 Å². The van der Waals surface area contributed by atoms with Gasteiger partial charge in [0.05, 0.1) is 11.3 Å². The molecule has 24 heavy (non-hydrogen) atoms. The van der Waals surface area contributed by atoms with Gasteiger partial charge in [0.1, 0.15) is 5.66 Å². The number of hydrogen-bond acceptors (Lipinski definition) is 2. The van der Waals surface area contributed by atoms with E-state index in [1.807, 2.05) is 48.5 Å². The number of amides is 1. The van der Waals surface area contributed by atoms with Crippen molar-refractivity contribution in [1.29, 1.82) is 0 Å². The predicted molar refractivity (Wildman–Crippen MR) is 99.4 cm³/mol. The van der Waals surface area contributed by atoms with E-state index in [-0.39, 0.29) is 5.91 Å². The molecular formula is C20H23ClN2O. The fraction of sp³-hybridized carbons (Fsp3) is 0.350. The van der Waals surface area contributed by atoms with Gasteiger partial charge in [0.15, 0.2) is 0 Å². The summed E-state index contributed by atoms with van der Waals surface area (Å²) in [4.78, 5) is 14.9. The molecule has 0 aliphatic carbocycles. The van der Waals surface area contributed by atoms with Gasteiger partial charge in [-0.15, -0.1) is 0 Å². The van der Waals surface area contributed by atoms with Crippen LogP contribution in [0.3, 0.4) is 0 Å². The van der Waals surface area contributed by atoms with Crippen molar-refractivity contribution in [3.63, 3.8) is 0 Å². The van der Waals surface area contributed by atoms with Crippen LogP contribution in [0.2, 0.25) is 5.02 Å². The number of carbonyl (C=O) groups excluding carboxylic acids is 1. The van der Waals surface area contributed by atoms with Crippen molar-refractivity contribution in [3.8, 4) is 0 Å². The van der Waals surface area contributed by atoms with Crippen molar-refractivity contribution in [3.05, 3.63) is 64.7 Å². The van der Waals surface area contributed by atoms with Crippen LogP contribution in [0.15, 0.2) is 48.5 Å². The van der Waals surface area contributed by atoms with Gasteiger partial charge < -0.3 is 10.2 Å². The van der Waals surface area contributed by atoms with E-state index in [9.17, 15) is 4.79 Å². The summed E-state index contributed by atoms with van der Waals surface area (Å²) in [6.45, 7) is 7.09. The van der Waals surface area contributed by atoms with Crippen molar-refractivity contribution in [2.45, 2.75) is 39.4 Å². The molecule has 3 nitrogen and oxygen atoms in total. The highest BCUT2D eigenvalue weighted by molar-refractivity contribution is 6.31. The lowest BCUT2D eigenvalue weighted by Crippen LogP contribution is -2.62. The van der Waals surface area contributed by atoms with E-state index in [1.54, 1.807) is 0 Å². The molecule has 0 aromatic heterocycles. The number of anilines is 1. The summed E-state index contributed by atoms with van der Waals surface area (Å²) in [7, 11) is 0. The Morgan fingerprint density at radius 2 is 1.79 bits per heavy atom. The Morgan fingerprint density at radius 1 is 1.12 bits per heavy atom. The lowest BCUT2D eigenvalue weighted by Gasteiger charge is -2.48. The highest BCUT2D eigenvalue weighted by atomic mass is 35.5. The van der Waals surface area contributed by atoms with E-state index < -0.39 is 5.66 Å². The van der Waals surface area contributed by atoms with E-state index in [1.165, 1.54) is 0 Å². The minimum atomic E-state index is -0.446. The first-order chi connectivity index (χ1) is 11.4. The third kappa shape index (κ3) is 3.13. The lowest BCUT2D eigenvalue weighted by atomic mass is 9.91. The van der Waals surface area contributed by atoms with Crippen LogP contribution < -0.4 is 10.2 Å². The van der Waals surface area contributed by atoms with Crippen molar-refractivity contribution in [2.75, 3.05) is 4.90 Å². The first-order valence-electron chi connectivity index (χ1n) is 8.33. The molecule has 2 aromatic rings. The van der Waals surface area contributed by atoms with Crippen molar-refractivity contribution < 1.29 is 4.79 Å². The molecule has 1 aliphatic rings. The Morgan fingerprint density at radius 3 is 2.50 bits per heavy atom. The maximum atomic E-state index is 12.6. The standard InChI is InChI=1S/C20H23ClN2O/c1-14(2)12-20(3)22-19(24)16-9-5-7-11-18(16)23(20)13-15-8-4-6-10-17(15)21/h4-11,14H,12-13H2,1-3H3,(H,22,24). The van der Waals surface area contributed by atoms with Crippen LogP contribution in [-0.2, 0) is 6.54 Å². The number of hydrogen-bond donors (Lipinski definition) is 1. The molecule has 1 aliphatic heterocycles. The zero-order chi connectivity index (χ0) is 17.3. The number of benzene rings is 2. The van der Waals surface area contributed by atoms with Crippen molar-refractivity contribution in [2.24, 2.45) is 5.92 Å². The number of nitrogens with one attached hydrogen (secondary N) is 1. The second-order valence-corrected chi connectivity index (χ2v) is 7.43. The number of rotatable bonds is 4. The monoisotopic (exact) mass is 342 g/mol. The van der Waals surface area contributed by atoms with Crippen LogP contribution in [-0.4, -0.2) is 11.6 Å². The average Bonchev–Trinajstić information content (AvgIpc) is 2.52. The average molecular weight is 343 g/mol. The van der Waals surface area contributed by atoms with Crippen LogP contribution >= 0.6 is 11.6 Å². The third-order valence-electron chi connectivity index (χ3n) is 4.51. The summed E-state index contributed by atoms with van der Waals surface area (Å²) in [6.07, 6.45) is 0.859. The number of para-hydroxylation sites is 1. The molecule has 1 amide bonds. The summed E-state index contributed by atoms with van der Waals surface area (Å²) < 4.78 is 0. The molecule has 0 saturated carbocycles. The topological polar surface area (TPSA) is 32.3 Å². The van der Waals surface area contributed by atoms with Gasteiger partial charge in [0.2, 0.25) is 0 Å². The van der Waals surface area contributed by atoms with Gasteiger partial charge in [-0.1, -0.05) is 55.8 Å². The maximum absolute atomic E-state index is 12.6. The van der Waals surface area contributed by atoms with Gasteiger partial charge in [-0.25, -0.2) is 0 Å². The molecule has 1 heterocycles. The Bertz CT molecular complexity index is 759. The minimum absolute atomic E-state index is 0.0100. The van der Waals surface area contributed by atoms with Gasteiger partial charge in [0, 0.05) is 11.6 Å². The van der Waals surface area contributed by atoms with Crippen LogP contribution in [0.5, 0.6) is 0 Å². The lowest BCUT2D eigenvalue weighted by molar-refractivity contribution is 0.0873. The molecule has 126 valence electrons. The second kappa shape index (κ2) is 6.48.